The standard InChI is InChI=1S/C12H15N5/c1-2-10-11(14-3-1)15-16-12(10)17-6-8-4-13-5-9(8)7-17/h1-3,8-9,13H,4-7H2,(H,14,15,16). The van der Waals surface area contributed by atoms with Crippen LogP contribution >= 0.6 is 0 Å². The van der Waals surface area contributed by atoms with Crippen LogP contribution in [0.15, 0.2) is 18.3 Å². The zero-order valence-electron chi connectivity index (χ0n) is 9.56. The summed E-state index contributed by atoms with van der Waals surface area (Å²) in [7, 11) is 0. The fraction of sp³-hybridized carbons (Fsp3) is 0.500. The van der Waals surface area contributed by atoms with Crippen LogP contribution in [0.5, 0.6) is 0 Å². The average molecular weight is 229 g/mol. The molecule has 4 heterocycles. The van der Waals surface area contributed by atoms with Gasteiger partial charge in [-0.25, -0.2) is 4.98 Å². The predicted octanol–water partition coefficient (Wildman–Crippen LogP) is 0.613. The Morgan fingerprint density at radius 2 is 2.06 bits per heavy atom. The van der Waals surface area contributed by atoms with E-state index in [9.17, 15) is 0 Å². The minimum Gasteiger partial charge on any atom is -0.354 e. The van der Waals surface area contributed by atoms with Gasteiger partial charge in [0, 0.05) is 32.4 Å². The van der Waals surface area contributed by atoms with Crippen LogP contribution in [0.3, 0.4) is 0 Å². The van der Waals surface area contributed by atoms with E-state index in [-0.39, 0.29) is 0 Å². The van der Waals surface area contributed by atoms with Crippen molar-refractivity contribution in [3.8, 4) is 0 Å². The van der Waals surface area contributed by atoms with Crippen molar-refractivity contribution in [1.82, 2.24) is 20.5 Å². The Hall–Kier alpha value is -1.62. The van der Waals surface area contributed by atoms with E-state index in [4.69, 9.17) is 0 Å². The van der Waals surface area contributed by atoms with Crippen LogP contribution in [0.25, 0.3) is 11.0 Å². The molecule has 17 heavy (non-hydrogen) atoms. The van der Waals surface area contributed by atoms with Crippen molar-refractivity contribution in [3.63, 3.8) is 0 Å². The van der Waals surface area contributed by atoms with Crippen molar-refractivity contribution in [1.29, 1.82) is 0 Å². The van der Waals surface area contributed by atoms with E-state index in [0.717, 1.165) is 54.9 Å². The van der Waals surface area contributed by atoms with Crippen molar-refractivity contribution >= 4 is 16.9 Å². The number of hydrogen-bond donors (Lipinski definition) is 2. The summed E-state index contributed by atoms with van der Waals surface area (Å²) in [5.74, 6) is 2.65. The van der Waals surface area contributed by atoms with E-state index in [0.29, 0.717) is 0 Å². The van der Waals surface area contributed by atoms with Crippen LogP contribution in [0.1, 0.15) is 0 Å². The van der Waals surface area contributed by atoms with E-state index >= 15 is 0 Å². The zero-order chi connectivity index (χ0) is 11.2. The Morgan fingerprint density at radius 1 is 1.24 bits per heavy atom. The number of aromatic nitrogens is 3. The average Bonchev–Trinajstić information content (AvgIpc) is 3.01. The maximum Gasteiger partial charge on any atom is 0.160 e. The molecule has 2 N–H and O–H groups in total. The van der Waals surface area contributed by atoms with Crippen molar-refractivity contribution in [2.45, 2.75) is 0 Å². The molecular formula is C12H15N5. The number of pyridine rings is 1. The first-order valence-corrected chi connectivity index (χ1v) is 6.16. The summed E-state index contributed by atoms with van der Waals surface area (Å²) in [6.45, 7) is 4.54. The van der Waals surface area contributed by atoms with Crippen molar-refractivity contribution in [2.24, 2.45) is 11.8 Å². The van der Waals surface area contributed by atoms with Gasteiger partial charge in [-0.15, -0.1) is 0 Å². The van der Waals surface area contributed by atoms with E-state index in [1.165, 1.54) is 0 Å². The summed E-state index contributed by atoms with van der Waals surface area (Å²) in [4.78, 5) is 6.69. The number of fused-ring (bicyclic) bond motifs is 2. The van der Waals surface area contributed by atoms with Gasteiger partial charge in [0.2, 0.25) is 0 Å². The van der Waals surface area contributed by atoms with Gasteiger partial charge in [-0.3, -0.25) is 5.10 Å². The van der Waals surface area contributed by atoms with Gasteiger partial charge >= 0.3 is 0 Å². The molecule has 5 heteroatoms. The molecule has 2 aromatic rings. The predicted molar refractivity (Wildman–Crippen MR) is 66.0 cm³/mol. The van der Waals surface area contributed by atoms with Crippen LogP contribution in [0.4, 0.5) is 5.82 Å². The number of rotatable bonds is 1. The molecule has 2 aliphatic rings. The quantitative estimate of drug-likeness (QED) is 0.752. The molecule has 0 spiro atoms. The lowest BCUT2D eigenvalue weighted by molar-refractivity contribution is 0.533. The van der Waals surface area contributed by atoms with Gasteiger partial charge in [0.05, 0.1) is 5.39 Å². The number of aromatic amines is 1. The Balaban J connectivity index is 1.71. The smallest absolute Gasteiger partial charge is 0.160 e. The van der Waals surface area contributed by atoms with Crippen LogP contribution in [0, 0.1) is 11.8 Å². The van der Waals surface area contributed by atoms with Gasteiger partial charge in [-0.2, -0.15) is 5.10 Å². The first-order valence-electron chi connectivity index (χ1n) is 6.16. The molecule has 2 aliphatic heterocycles. The minimum atomic E-state index is 0.790. The highest BCUT2D eigenvalue weighted by Gasteiger charge is 2.37. The molecule has 88 valence electrons. The molecular weight excluding hydrogens is 214 g/mol. The van der Waals surface area contributed by atoms with Gasteiger partial charge in [0.1, 0.15) is 0 Å². The maximum absolute atomic E-state index is 4.42. The third kappa shape index (κ3) is 1.35. The number of nitrogens with zero attached hydrogens (tertiary/aromatic N) is 3. The summed E-state index contributed by atoms with van der Waals surface area (Å²) in [6, 6.07) is 4.06. The molecule has 0 saturated carbocycles. The first-order chi connectivity index (χ1) is 8.42. The summed E-state index contributed by atoms with van der Waals surface area (Å²) in [5, 5.41) is 12.0. The summed E-state index contributed by atoms with van der Waals surface area (Å²) in [5.41, 5.74) is 0.887. The number of H-pyrrole nitrogens is 1. The lowest BCUT2D eigenvalue weighted by atomic mass is 10.0. The summed E-state index contributed by atoms with van der Waals surface area (Å²) < 4.78 is 0. The van der Waals surface area contributed by atoms with Crippen molar-refractivity contribution in [3.05, 3.63) is 18.3 Å². The van der Waals surface area contributed by atoms with Crippen molar-refractivity contribution in [2.75, 3.05) is 31.1 Å². The van der Waals surface area contributed by atoms with Crippen LogP contribution in [0.2, 0.25) is 0 Å². The molecule has 2 atom stereocenters. The van der Waals surface area contributed by atoms with Crippen molar-refractivity contribution < 1.29 is 0 Å². The third-order valence-electron chi connectivity index (χ3n) is 4.01. The first kappa shape index (κ1) is 9.41. The van der Waals surface area contributed by atoms with Gasteiger partial charge in [0.15, 0.2) is 11.5 Å². The Kier molecular flexibility index (Phi) is 1.90. The molecule has 5 nitrogen and oxygen atoms in total. The minimum absolute atomic E-state index is 0.790. The number of hydrogen-bond acceptors (Lipinski definition) is 4. The molecule has 2 saturated heterocycles. The Bertz CT molecular complexity index is 537. The largest absolute Gasteiger partial charge is 0.354 e. The molecule has 2 aromatic heterocycles. The molecule has 0 aromatic carbocycles. The highest BCUT2D eigenvalue weighted by Crippen LogP contribution is 2.32. The van der Waals surface area contributed by atoms with Gasteiger partial charge in [-0.1, -0.05) is 0 Å². The lowest BCUT2D eigenvalue weighted by Gasteiger charge is -2.16. The summed E-state index contributed by atoms with van der Waals surface area (Å²) in [6.07, 6.45) is 1.80. The van der Waals surface area contributed by atoms with Crippen LogP contribution in [-0.2, 0) is 0 Å². The van der Waals surface area contributed by atoms with E-state index in [1.807, 2.05) is 6.07 Å². The second kappa shape index (κ2) is 3.43. The molecule has 0 radical (unpaired) electrons. The second-order valence-corrected chi connectivity index (χ2v) is 5.03. The van der Waals surface area contributed by atoms with E-state index < -0.39 is 0 Å². The van der Waals surface area contributed by atoms with E-state index in [2.05, 4.69) is 31.5 Å². The SMILES string of the molecule is c1cnc2[nH]nc(N3CC4CNCC4C3)c2c1. The topological polar surface area (TPSA) is 56.8 Å². The zero-order valence-corrected chi connectivity index (χ0v) is 9.56. The maximum atomic E-state index is 4.42. The highest BCUT2D eigenvalue weighted by molar-refractivity contribution is 5.87. The highest BCUT2D eigenvalue weighted by atomic mass is 15.3. The Labute approximate surface area is 99.2 Å². The molecule has 0 amide bonds. The molecule has 2 fully saturated rings. The lowest BCUT2D eigenvalue weighted by Crippen LogP contribution is -2.25. The molecule has 0 aliphatic carbocycles. The molecule has 0 bridgehead atoms. The fourth-order valence-electron chi connectivity index (χ4n) is 3.11. The monoisotopic (exact) mass is 229 g/mol. The number of anilines is 1. The fourth-order valence-corrected chi connectivity index (χ4v) is 3.11. The van der Waals surface area contributed by atoms with Gasteiger partial charge in [-0.05, 0) is 24.0 Å². The van der Waals surface area contributed by atoms with E-state index in [1.54, 1.807) is 6.20 Å². The normalized spacial score (nSPS) is 27.9. The van der Waals surface area contributed by atoms with Gasteiger partial charge in [0.25, 0.3) is 0 Å². The van der Waals surface area contributed by atoms with Crippen LogP contribution in [-0.4, -0.2) is 41.4 Å². The van der Waals surface area contributed by atoms with Crippen LogP contribution < -0.4 is 10.2 Å². The summed E-state index contributed by atoms with van der Waals surface area (Å²) >= 11 is 0. The molecule has 2 unspecified atom stereocenters. The third-order valence-corrected chi connectivity index (χ3v) is 4.01. The Morgan fingerprint density at radius 3 is 2.88 bits per heavy atom. The number of nitrogens with one attached hydrogen (secondary N) is 2. The second-order valence-electron chi connectivity index (χ2n) is 5.03. The molecule has 4 rings (SSSR count). The van der Waals surface area contributed by atoms with Gasteiger partial charge < -0.3 is 10.2 Å².